The van der Waals surface area contributed by atoms with Crippen LogP contribution in [0.4, 0.5) is 5.69 Å². The van der Waals surface area contributed by atoms with Gasteiger partial charge in [-0.15, -0.1) is 0 Å². The minimum Gasteiger partial charge on any atom is -0.370 e. The van der Waals surface area contributed by atoms with E-state index in [0.29, 0.717) is 6.04 Å². The van der Waals surface area contributed by atoms with Crippen molar-refractivity contribution in [3.8, 4) is 0 Å². The summed E-state index contributed by atoms with van der Waals surface area (Å²) in [6.45, 7) is 11.9. The Morgan fingerprint density at radius 3 is 2.31 bits per heavy atom. The summed E-state index contributed by atoms with van der Waals surface area (Å²) in [6, 6.07) is 9.30. The van der Waals surface area contributed by atoms with E-state index in [0.717, 1.165) is 19.6 Å². The zero-order valence-electron chi connectivity index (χ0n) is 11.0. The molecule has 1 aromatic carbocycles. The Hall–Kier alpha value is -1.02. The summed E-state index contributed by atoms with van der Waals surface area (Å²) >= 11 is 0. The van der Waals surface area contributed by atoms with Crippen LogP contribution in [0.25, 0.3) is 0 Å². The van der Waals surface area contributed by atoms with E-state index in [1.54, 1.807) is 0 Å². The predicted molar refractivity (Wildman–Crippen MR) is 72.2 cm³/mol. The molecule has 2 heteroatoms. The Bertz CT molecular complexity index is 292. The van der Waals surface area contributed by atoms with Gasteiger partial charge in [0, 0.05) is 24.8 Å². The van der Waals surface area contributed by atoms with Crippen LogP contribution in [0.1, 0.15) is 26.3 Å². The maximum Gasteiger partial charge on any atom is 0.0366 e. The van der Waals surface area contributed by atoms with Crippen molar-refractivity contribution in [1.82, 2.24) is 5.32 Å². The first-order valence-corrected chi connectivity index (χ1v) is 6.22. The van der Waals surface area contributed by atoms with Crippen LogP contribution in [0.5, 0.6) is 0 Å². The summed E-state index contributed by atoms with van der Waals surface area (Å²) in [5, 5.41) is 3.45. The molecule has 90 valence electrons. The van der Waals surface area contributed by atoms with Gasteiger partial charge in [0.2, 0.25) is 0 Å². The van der Waals surface area contributed by atoms with E-state index in [9.17, 15) is 0 Å². The van der Waals surface area contributed by atoms with Crippen LogP contribution < -0.4 is 10.2 Å². The minimum atomic E-state index is 0.534. The molecule has 1 rings (SSSR count). The summed E-state index contributed by atoms with van der Waals surface area (Å²) < 4.78 is 0. The van der Waals surface area contributed by atoms with Gasteiger partial charge in [0.05, 0.1) is 0 Å². The van der Waals surface area contributed by atoms with Gasteiger partial charge in [-0.1, -0.05) is 24.6 Å². The lowest BCUT2D eigenvalue weighted by Crippen LogP contribution is -2.39. The second-order valence-corrected chi connectivity index (χ2v) is 4.33. The standard InChI is InChI=1S/C14H24N2/c1-5-15-13(4)11-16(6-2)14-9-7-12(3)8-10-14/h7-10,13,15H,5-6,11H2,1-4H3. The van der Waals surface area contributed by atoms with Crippen molar-refractivity contribution in [3.63, 3.8) is 0 Å². The smallest absolute Gasteiger partial charge is 0.0366 e. The largest absolute Gasteiger partial charge is 0.370 e. The van der Waals surface area contributed by atoms with E-state index in [1.807, 2.05) is 0 Å². The maximum absolute atomic E-state index is 3.45. The van der Waals surface area contributed by atoms with Crippen LogP contribution in [0.15, 0.2) is 24.3 Å². The molecule has 0 fully saturated rings. The van der Waals surface area contributed by atoms with Crippen LogP contribution in [-0.2, 0) is 0 Å². The van der Waals surface area contributed by atoms with E-state index in [-0.39, 0.29) is 0 Å². The van der Waals surface area contributed by atoms with Crippen LogP contribution in [0.3, 0.4) is 0 Å². The van der Waals surface area contributed by atoms with E-state index in [1.165, 1.54) is 11.3 Å². The van der Waals surface area contributed by atoms with E-state index >= 15 is 0 Å². The van der Waals surface area contributed by atoms with Crippen molar-refractivity contribution in [2.24, 2.45) is 0 Å². The van der Waals surface area contributed by atoms with Gasteiger partial charge in [-0.25, -0.2) is 0 Å². The third-order valence-corrected chi connectivity index (χ3v) is 2.83. The normalized spacial score (nSPS) is 12.5. The van der Waals surface area contributed by atoms with Gasteiger partial charge < -0.3 is 10.2 Å². The minimum absolute atomic E-state index is 0.534. The van der Waals surface area contributed by atoms with E-state index < -0.39 is 0 Å². The second-order valence-electron chi connectivity index (χ2n) is 4.33. The molecule has 0 amide bonds. The first-order chi connectivity index (χ1) is 7.67. The molecule has 0 radical (unpaired) electrons. The third kappa shape index (κ3) is 3.86. The molecule has 0 heterocycles. The number of likely N-dealkylation sites (N-methyl/N-ethyl adjacent to an activating group) is 2. The highest BCUT2D eigenvalue weighted by Crippen LogP contribution is 2.14. The van der Waals surface area contributed by atoms with E-state index in [2.05, 4.69) is 62.2 Å². The molecule has 1 aromatic rings. The molecule has 0 saturated heterocycles. The Morgan fingerprint density at radius 1 is 1.19 bits per heavy atom. The highest BCUT2D eigenvalue weighted by atomic mass is 15.1. The first kappa shape index (κ1) is 13.0. The summed E-state index contributed by atoms with van der Waals surface area (Å²) in [5.41, 5.74) is 2.64. The van der Waals surface area contributed by atoms with Gasteiger partial charge in [-0.2, -0.15) is 0 Å². The third-order valence-electron chi connectivity index (χ3n) is 2.83. The number of anilines is 1. The number of benzene rings is 1. The Morgan fingerprint density at radius 2 is 1.81 bits per heavy atom. The zero-order valence-corrected chi connectivity index (χ0v) is 11.0. The predicted octanol–water partition coefficient (Wildman–Crippen LogP) is 2.82. The number of hydrogen-bond acceptors (Lipinski definition) is 2. The summed E-state index contributed by atoms with van der Waals surface area (Å²) in [7, 11) is 0. The molecule has 0 aromatic heterocycles. The van der Waals surface area contributed by atoms with Gasteiger partial charge in [0.15, 0.2) is 0 Å². The molecule has 0 bridgehead atoms. The highest BCUT2D eigenvalue weighted by Gasteiger charge is 2.08. The maximum atomic E-state index is 3.45. The molecule has 1 N–H and O–H groups in total. The lowest BCUT2D eigenvalue weighted by atomic mass is 10.2. The summed E-state index contributed by atoms with van der Waals surface area (Å²) in [6.07, 6.45) is 0. The topological polar surface area (TPSA) is 15.3 Å². The zero-order chi connectivity index (χ0) is 12.0. The van der Waals surface area contributed by atoms with Crippen LogP contribution in [0.2, 0.25) is 0 Å². The Labute approximate surface area is 99.7 Å². The van der Waals surface area contributed by atoms with Crippen molar-refractivity contribution >= 4 is 5.69 Å². The average molecular weight is 220 g/mol. The van der Waals surface area contributed by atoms with Crippen molar-refractivity contribution < 1.29 is 0 Å². The van der Waals surface area contributed by atoms with Gasteiger partial charge in [0.25, 0.3) is 0 Å². The van der Waals surface area contributed by atoms with Crippen LogP contribution >= 0.6 is 0 Å². The number of nitrogens with zero attached hydrogens (tertiary/aromatic N) is 1. The summed E-state index contributed by atoms with van der Waals surface area (Å²) in [4.78, 5) is 2.41. The fourth-order valence-corrected chi connectivity index (χ4v) is 1.92. The molecule has 0 aliphatic heterocycles. The van der Waals surface area contributed by atoms with Crippen molar-refractivity contribution in [2.45, 2.75) is 33.7 Å². The molecule has 0 saturated carbocycles. The van der Waals surface area contributed by atoms with Crippen molar-refractivity contribution in [2.75, 3.05) is 24.5 Å². The van der Waals surface area contributed by atoms with Gasteiger partial charge in [-0.3, -0.25) is 0 Å². The summed E-state index contributed by atoms with van der Waals surface area (Å²) in [5.74, 6) is 0. The van der Waals surface area contributed by atoms with Gasteiger partial charge in [-0.05, 0) is 39.4 Å². The van der Waals surface area contributed by atoms with Gasteiger partial charge >= 0.3 is 0 Å². The lowest BCUT2D eigenvalue weighted by molar-refractivity contribution is 0.555. The molecule has 0 aliphatic rings. The number of aryl methyl sites for hydroxylation is 1. The van der Waals surface area contributed by atoms with Gasteiger partial charge in [0.1, 0.15) is 0 Å². The molecule has 0 spiro atoms. The second kappa shape index (κ2) is 6.54. The highest BCUT2D eigenvalue weighted by molar-refractivity contribution is 5.47. The molecule has 16 heavy (non-hydrogen) atoms. The monoisotopic (exact) mass is 220 g/mol. The quantitative estimate of drug-likeness (QED) is 0.793. The molecule has 0 aliphatic carbocycles. The van der Waals surface area contributed by atoms with Crippen LogP contribution in [-0.4, -0.2) is 25.7 Å². The fraction of sp³-hybridized carbons (Fsp3) is 0.571. The molecule has 1 atom stereocenters. The fourth-order valence-electron chi connectivity index (χ4n) is 1.92. The molecular formula is C14H24N2. The average Bonchev–Trinajstić information content (AvgIpc) is 2.27. The molecule has 1 unspecified atom stereocenters. The number of rotatable bonds is 6. The first-order valence-electron chi connectivity index (χ1n) is 6.22. The number of hydrogen-bond donors (Lipinski definition) is 1. The molecular weight excluding hydrogens is 196 g/mol. The van der Waals surface area contributed by atoms with E-state index in [4.69, 9.17) is 0 Å². The SMILES string of the molecule is CCNC(C)CN(CC)c1ccc(C)cc1. The Balaban J connectivity index is 2.63. The Kier molecular flexibility index (Phi) is 5.33. The van der Waals surface area contributed by atoms with Crippen LogP contribution in [0, 0.1) is 6.92 Å². The van der Waals surface area contributed by atoms with Crippen molar-refractivity contribution in [3.05, 3.63) is 29.8 Å². The lowest BCUT2D eigenvalue weighted by Gasteiger charge is -2.27. The number of nitrogens with one attached hydrogen (secondary N) is 1. The molecule has 2 nitrogen and oxygen atoms in total. The van der Waals surface area contributed by atoms with Crippen molar-refractivity contribution in [1.29, 1.82) is 0 Å².